The third-order valence-corrected chi connectivity index (χ3v) is 4.23. The summed E-state index contributed by atoms with van der Waals surface area (Å²) < 4.78 is 4.96. The molecule has 2 N–H and O–H groups in total. The highest BCUT2D eigenvalue weighted by Gasteiger charge is 2.31. The van der Waals surface area contributed by atoms with Crippen LogP contribution in [-0.4, -0.2) is 29.1 Å². The Balaban J connectivity index is 1.94. The fourth-order valence-corrected chi connectivity index (χ4v) is 2.92. The summed E-state index contributed by atoms with van der Waals surface area (Å²) in [4.78, 5) is 23.0. The monoisotopic (exact) mass is 347 g/mol. The number of aliphatic hydroxyl groups is 1. The molecule has 6 heteroatoms. The molecule has 1 atom stereocenters. The molecule has 0 saturated carbocycles. The zero-order chi connectivity index (χ0) is 17.7. The SMILES string of the molecule is CC(=O)OC(C)(C)C(=O)NC[C@@H](O)c1ccc(-c2ccsc2)cc1. The summed E-state index contributed by atoms with van der Waals surface area (Å²) in [5.41, 5.74) is 1.65. The van der Waals surface area contributed by atoms with Gasteiger partial charge >= 0.3 is 5.97 Å². The Kier molecular flexibility index (Phi) is 5.75. The lowest BCUT2D eigenvalue weighted by atomic mass is 10.0. The van der Waals surface area contributed by atoms with Crippen LogP contribution in [0, 0.1) is 0 Å². The van der Waals surface area contributed by atoms with Crippen molar-refractivity contribution >= 4 is 23.2 Å². The molecule has 5 nitrogen and oxygen atoms in total. The van der Waals surface area contributed by atoms with Crippen molar-refractivity contribution in [2.24, 2.45) is 0 Å². The maximum Gasteiger partial charge on any atom is 0.303 e. The Labute approximate surface area is 145 Å². The summed E-state index contributed by atoms with van der Waals surface area (Å²) in [6, 6.07) is 9.58. The van der Waals surface area contributed by atoms with E-state index in [1.807, 2.05) is 35.7 Å². The predicted molar refractivity (Wildman–Crippen MR) is 93.6 cm³/mol. The molecule has 0 saturated heterocycles. The van der Waals surface area contributed by atoms with E-state index in [0.717, 1.165) is 11.1 Å². The van der Waals surface area contributed by atoms with E-state index in [4.69, 9.17) is 4.74 Å². The first kappa shape index (κ1) is 18.2. The number of amides is 1. The number of nitrogens with one attached hydrogen (secondary N) is 1. The maximum atomic E-state index is 12.0. The first-order chi connectivity index (χ1) is 11.3. The highest BCUT2D eigenvalue weighted by molar-refractivity contribution is 7.08. The minimum atomic E-state index is -1.27. The molecule has 0 radical (unpaired) electrons. The largest absolute Gasteiger partial charge is 0.450 e. The zero-order valence-corrected chi connectivity index (χ0v) is 14.7. The Hall–Kier alpha value is -2.18. The van der Waals surface area contributed by atoms with Crippen LogP contribution in [0.25, 0.3) is 11.1 Å². The second-order valence-electron chi connectivity index (χ2n) is 5.96. The third-order valence-electron chi connectivity index (χ3n) is 3.55. The highest BCUT2D eigenvalue weighted by atomic mass is 32.1. The van der Waals surface area contributed by atoms with Crippen molar-refractivity contribution in [2.45, 2.75) is 32.5 Å². The molecule has 0 spiro atoms. The molecule has 1 aromatic carbocycles. The Morgan fingerprint density at radius 1 is 1.21 bits per heavy atom. The van der Waals surface area contributed by atoms with Crippen LogP contribution >= 0.6 is 11.3 Å². The van der Waals surface area contributed by atoms with Gasteiger partial charge in [0.2, 0.25) is 0 Å². The number of benzene rings is 1. The van der Waals surface area contributed by atoms with Gasteiger partial charge in [0.25, 0.3) is 5.91 Å². The molecule has 0 aliphatic carbocycles. The van der Waals surface area contributed by atoms with Crippen molar-refractivity contribution in [2.75, 3.05) is 6.54 Å². The van der Waals surface area contributed by atoms with Gasteiger partial charge < -0.3 is 15.2 Å². The van der Waals surface area contributed by atoms with Gasteiger partial charge in [-0.3, -0.25) is 9.59 Å². The number of thiophene rings is 1. The van der Waals surface area contributed by atoms with Gasteiger partial charge in [-0.15, -0.1) is 0 Å². The number of esters is 1. The van der Waals surface area contributed by atoms with Crippen molar-refractivity contribution in [1.29, 1.82) is 0 Å². The van der Waals surface area contributed by atoms with E-state index < -0.39 is 23.6 Å². The topological polar surface area (TPSA) is 75.6 Å². The minimum absolute atomic E-state index is 0.0430. The molecular formula is C18H21NO4S. The number of carbonyl (C=O) groups is 2. The van der Waals surface area contributed by atoms with E-state index in [1.54, 1.807) is 11.3 Å². The summed E-state index contributed by atoms with van der Waals surface area (Å²) in [5, 5.41) is 16.9. The summed E-state index contributed by atoms with van der Waals surface area (Å²) in [6.45, 7) is 4.30. The molecule has 2 aromatic rings. The summed E-state index contributed by atoms with van der Waals surface area (Å²) >= 11 is 1.63. The average Bonchev–Trinajstić information content (AvgIpc) is 3.05. The molecule has 128 valence electrons. The van der Waals surface area contributed by atoms with Crippen LogP contribution in [0.2, 0.25) is 0 Å². The minimum Gasteiger partial charge on any atom is -0.450 e. The van der Waals surface area contributed by atoms with Gasteiger partial charge in [-0.05, 0) is 47.4 Å². The molecule has 1 heterocycles. The molecule has 0 fully saturated rings. The molecule has 1 aromatic heterocycles. The molecule has 0 unspecified atom stereocenters. The van der Waals surface area contributed by atoms with Gasteiger partial charge in [0.1, 0.15) is 0 Å². The smallest absolute Gasteiger partial charge is 0.303 e. The Morgan fingerprint density at radius 2 is 1.88 bits per heavy atom. The molecule has 1 amide bonds. The second kappa shape index (κ2) is 7.59. The Bertz CT molecular complexity index is 692. The van der Waals surface area contributed by atoms with Crippen LogP contribution in [-0.2, 0) is 14.3 Å². The van der Waals surface area contributed by atoms with Crippen LogP contribution < -0.4 is 5.32 Å². The normalized spacial score (nSPS) is 12.5. The van der Waals surface area contributed by atoms with Crippen molar-refractivity contribution in [3.8, 4) is 11.1 Å². The Morgan fingerprint density at radius 3 is 2.42 bits per heavy atom. The number of ether oxygens (including phenoxy) is 1. The van der Waals surface area contributed by atoms with E-state index in [1.165, 1.54) is 20.8 Å². The number of aliphatic hydroxyl groups excluding tert-OH is 1. The van der Waals surface area contributed by atoms with Gasteiger partial charge in [-0.25, -0.2) is 0 Å². The number of carbonyl (C=O) groups excluding carboxylic acids is 2. The zero-order valence-electron chi connectivity index (χ0n) is 13.9. The molecule has 24 heavy (non-hydrogen) atoms. The van der Waals surface area contributed by atoms with Gasteiger partial charge in [0, 0.05) is 13.5 Å². The van der Waals surface area contributed by atoms with Crippen molar-refractivity contribution in [3.63, 3.8) is 0 Å². The van der Waals surface area contributed by atoms with Gasteiger partial charge in [-0.2, -0.15) is 11.3 Å². The quantitative estimate of drug-likeness (QED) is 0.788. The number of hydrogen-bond acceptors (Lipinski definition) is 5. The van der Waals surface area contributed by atoms with Crippen molar-refractivity contribution < 1.29 is 19.4 Å². The van der Waals surface area contributed by atoms with Crippen LogP contribution in [0.1, 0.15) is 32.4 Å². The fraction of sp³-hybridized carbons (Fsp3) is 0.333. The van der Waals surface area contributed by atoms with E-state index in [0.29, 0.717) is 5.56 Å². The van der Waals surface area contributed by atoms with E-state index in [9.17, 15) is 14.7 Å². The molecular weight excluding hydrogens is 326 g/mol. The molecule has 0 bridgehead atoms. The van der Waals surface area contributed by atoms with E-state index >= 15 is 0 Å². The third kappa shape index (κ3) is 4.66. The number of hydrogen-bond donors (Lipinski definition) is 2. The molecule has 0 aliphatic heterocycles. The van der Waals surface area contributed by atoms with Crippen molar-refractivity contribution in [3.05, 3.63) is 46.7 Å². The second-order valence-corrected chi connectivity index (χ2v) is 6.74. The maximum absolute atomic E-state index is 12.0. The average molecular weight is 347 g/mol. The van der Waals surface area contributed by atoms with Gasteiger partial charge in [0.15, 0.2) is 5.60 Å². The summed E-state index contributed by atoms with van der Waals surface area (Å²) in [7, 11) is 0. The standard InChI is InChI=1S/C18H21NO4S/c1-12(20)23-18(2,3)17(22)19-10-16(21)14-6-4-13(5-7-14)15-8-9-24-11-15/h4-9,11,16,21H,10H2,1-3H3,(H,19,22)/t16-/m1/s1. The van der Waals surface area contributed by atoms with Crippen LogP contribution in [0.3, 0.4) is 0 Å². The molecule has 0 aliphatic rings. The van der Waals surface area contributed by atoms with E-state index in [2.05, 4.69) is 10.7 Å². The lowest BCUT2D eigenvalue weighted by Gasteiger charge is -2.24. The first-order valence-electron chi connectivity index (χ1n) is 7.58. The predicted octanol–water partition coefficient (Wildman–Crippen LogP) is 2.91. The first-order valence-corrected chi connectivity index (χ1v) is 8.52. The highest BCUT2D eigenvalue weighted by Crippen LogP contribution is 2.24. The van der Waals surface area contributed by atoms with Crippen LogP contribution in [0.5, 0.6) is 0 Å². The van der Waals surface area contributed by atoms with Crippen molar-refractivity contribution in [1.82, 2.24) is 5.32 Å². The fourth-order valence-electron chi connectivity index (χ4n) is 2.25. The molecule has 2 rings (SSSR count). The van der Waals surface area contributed by atoms with Crippen LogP contribution in [0.15, 0.2) is 41.1 Å². The van der Waals surface area contributed by atoms with Crippen LogP contribution in [0.4, 0.5) is 0 Å². The summed E-state index contributed by atoms with van der Waals surface area (Å²) in [6.07, 6.45) is -0.835. The van der Waals surface area contributed by atoms with E-state index in [-0.39, 0.29) is 6.54 Å². The lowest BCUT2D eigenvalue weighted by Crippen LogP contribution is -2.46. The number of rotatable bonds is 6. The van der Waals surface area contributed by atoms with Gasteiger partial charge in [-0.1, -0.05) is 24.3 Å². The lowest BCUT2D eigenvalue weighted by molar-refractivity contribution is -0.163. The van der Waals surface area contributed by atoms with Gasteiger partial charge in [0.05, 0.1) is 6.10 Å². The summed E-state index contributed by atoms with van der Waals surface area (Å²) in [5.74, 6) is -0.980.